The van der Waals surface area contributed by atoms with Gasteiger partial charge in [0.1, 0.15) is 11.8 Å². The van der Waals surface area contributed by atoms with Gasteiger partial charge < -0.3 is 24.4 Å². The summed E-state index contributed by atoms with van der Waals surface area (Å²) in [7, 11) is 2.89. The molecule has 1 atom stereocenters. The van der Waals surface area contributed by atoms with E-state index < -0.39 is 23.9 Å². The Morgan fingerprint density at radius 3 is 2.10 bits per heavy atom. The number of anilines is 2. The van der Waals surface area contributed by atoms with Crippen molar-refractivity contribution in [2.45, 2.75) is 25.8 Å². The van der Waals surface area contributed by atoms with E-state index in [-0.39, 0.29) is 24.0 Å². The van der Waals surface area contributed by atoms with E-state index in [0.717, 1.165) is 11.3 Å². The van der Waals surface area contributed by atoms with Crippen LogP contribution in [0.4, 0.5) is 11.4 Å². The molecule has 10 nitrogen and oxygen atoms in total. The highest BCUT2D eigenvalue weighted by Gasteiger charge is 2.44. The van der Waals surface area contributed by atoms with Gasteiger partial charge in [0.25, 0.3) is 5.91 Å². The molecule has 1 aliphatic rings. The summed E-state index contributed by atoms with van der Waals surface area (Å²) in [4.78, 5) is 53.8. The van der Waals surface area contributed by atoms with Crippen LogP contribution in [-0.2, 0) is 25.5 Å². The molecule has 42 heavy (non-hydrogen) atoms. The molecule has 0 spiro atoms. The number of benzene rings is 3. The van der Waals surface area contributed by atoms with Gasteiger partial charge in [-0.25, -0.2) is 9.59 Å². The van der Waals surface area contributed by atoms with E-state index in [4.69, 9.17) is 26.4 Å². The van der Waals surface area contributed by atoms with Crippen molar-refractivity contribution in [3.8, 4) is 5.75 Å². The van der Waals surface area contributed by atoms with Crippen LogP contribution in [0.1, 0.15) is 39.6 Å². The van der Waals surface area contributed by atoms with Crippen molar-refractivity contribution in [3.05, 3.63) is 89.5 Å². The Kier molecular flexibility index (Phi) is 9.87. The third kappa shape index (κ3) is 6.92. The highest BCUT2D eigenvalue weighted by molar-refractivity contribution is 7.80. The molecule has 1 heterocycles. The largest absolute Gasteiger partial charge is 0.497 e. The maximum atomic E-state index is 13.7. The number of amides is 2. The predicted molar refractivity (Wildman–Crippen MR) is 161 cm³/mol. The first-order valence-corrected chi connectivity index (χ1v) is 13.7. The van der Waals surface area contributed by atoms with Crippen LogP contribution in [0.25, 0.3) is 0 Å². The average Bonchev–Trinajstić information content (AvgIpc) is 3.24. The molecule has 4 rings (SSSR count). The molecule has 11 heteroatoms. The lowest BCUT2D eigenvalue weighted by atomic mass is 10.1. The maximum absolute atomic E-state index is 13.7. The number of rotatable bonds is 11. The van der Waals surface area contributed by atoms with Gasteiger partial charge in [-0.3, -0.25) is 14.5 Å². The van der Waals surface area contributed by atoms with Crippen LogP contribution in [-0.4, -0.2) is 67.2 Å². The molecule has 0 aromatic heterocycles. The fraction of sp³-hybridized carbons (Fsp3) is 0.258. The monoisotopic (exact) mass is 589 g/mol. The molecule has 1 N–H and O–H groups in total. The number of carbonyl (C=O) groups excluding carboxylic acids is 4. The summed E-state index contributed by atoms with van der Waals surface area (Å²) in [6.07, 6.45) is 0.415. The lowest BCUT2D eigenvalue weighted by Crippen LogP contribution is -2.39. The van der Waals surface area contributed by atoms with E-state index in [9.17, 15) is 19.2 Å². The second-order valence-corrected chi connectivity index (χ2v) is 9.72. The second-order valence-electron chi connectivity index (χ2n) is 9.35. The smallest absolute Gasteiger partial charge is 0.338 e. The zero-order valence-electron chi connectivity index (χ0n) is 23.5. The van der Waals surface area contributed by atoms with Gasteiger partial charge >= 0.3 is 11.9 Å². The summed E-state index contributed by atoms with van der Waals surface area (Å²) >= 11 is 5.76. The van der Waals surface area contributed by atoms with Crippen molar-refractivity contribution in [1.82, 2.24) is 4.90 Å². The molecular formula is C31H31N3O7S. The number of hydrogen-bond acceptors (Lipinski definition) is 8. The van der Waals surface area contributed by atoms with Crippen molar-refractivity contribution < 1.29 is 33.4 Å². The van der Waals surface area contributed by atoms with Crippen LogP contribution in [0.2, 0.25) is 0 Å². The van der Waals surface area contributed by atoms with Gasteiger partial charge in [0.05, 0.1) is 44.1 Å². The standard InChI is InChI=1S/C31H31N3O7S/c1-4-41-30(38)22-9-13-24(14-10-22)34-28(36)26(19-27(35)32-23-11-7-21(8-12-23)29(37)40-3)33(31(34)42)18-17-20-5-15-25(39-2)16-6-20/h5-16,26H,4,17-19H2,1-3H3,(H,32,35). The Morgan fingerprint density at radius 2 is 1.50 bits per heavy atom. The molecule has 3 aromatic rings. The molecule has 0 radical (unpaired) electrons. The average molecular weight is 590 g/mol. The van der Waals surface area contributed by atoms with Gasteiger partial charge in [-0.2, -0.15) is 0 Å². The molecule has 1 saturated heterocycles. The van der Waals surface area contributed by atoms with Crippen molar-refractivity contribution in [2.75, 3.05) is 37.6 Å². The quantitative estimate of drug-likeness (QED) is 0.259. The lowest BCUT2D eigenvalue weighted by Gasteiger charge is -2.24. The van der Waals surface area contributed by atoms with Gasteiger partial charge in [-0.15, -0.1) is 0 Å². The highest BCUT2D eigenvalue weighted by atomic mass is 32.1. The Morgan fingerprint density at radius 1 is 0.881 bits per heavy atom. The van der Waals surface area contributed by atoms with Crippen molar-refractivity contribution >= 4 is 52.5 Å². The molecule has 1 unspecified atom stereocenters. The first kappa shape index (κ1) is 30.2. The zero-order valence-corrected chi connectivity index (χ0v) is 24.3. The van der Waals surface area contributed by atoms with Crippen LogP contribution in [0.3, 0.4) is 0 Å². The number of methoxy groups -OCH3 is 2. The first-order chi connectivity index (χ1) is 20.2. The number of esters is 2. The molecule has 0 saturated carbocycles. The summed E-state index contributed by atoms with van der Waals surface area (Å²) in [6.45, 7) is 2.36. The molecule has 1 fully saturated rings. The van der Waals surface area contributed by atoms with Gasteiger partial charge in [0, 0.05) is 12.2 Å². The van der Waals surface area contributed by atoms with E-state index in [0.29, 0.717) is 35.5 Å². The Hall–Kier alpha value is -4.77. The van der Waals surface area contributed by atoms with E-state index in [1.54, 1.807) is 67.5 Å². The summed E-state index contributed by atoms with van der Waals surface area (Å²) in [5.74, 6) is -0.960. The summed E-state index contributed by atoms with van der Waals surface area (Å²) in [5.41, 5.74) is 2.66. The molecular weight excluding hydrogens is 558 g/mol. The van der Waals surface area contributed by atoms with Crippen LogP contribution < -0.4 is 15.0 Å². The van der Waals surface area contributed by atoms with E-state index in [1.165, 1.54) is 12.0 Å². The normalized spacial score (nSPS) is 14.5. The Bertz CT molecular complexity index is 1460. The third-order valence-electron chi connectivity index (χ3n) is 6.72. The van der Waals surface area contributed by atoms with Gasteiger partial charge in [-0.05, 0) is 91.8 Å². The number of nitrogens with one attached hydrogen (secondary N) is 1. The molecule has 1 aliphatic heterocycles. The number of thiocarbonyl (C=S) groups is 1. The molecule has 2 amide bonds. The van der Waals surface area contributed by atoms with Gasteiger partial charge in [-0.1, -0.05) is 12.1 Å². The lowest BCUT2D eigenvalue weighted by molar-refractivity contribution is -0.124. The molecule has 3 aromatic carbocycles. The number of hydrogen-bond donors (Lipinski definition) is 1. The molecule has 0 bridgehead atoms. The van der Waals surface area contributed by atoms with Crippen LogP contribution >= 0.6 is 12.2 Å². The zero-order chi connectivity index (χ0) is 30.2. The summed E-state index contributed by atoms with van der Waals surface area (Å²) in [5, 5.41) is 3.05. The predicted octanol–water partition coefficient (Wildman–Crippen LogP) is 4.23. The fourth-order valence-electron chi connectivity index (χ4n) is 4.52. The number of ether oxygens (including phenoxy) is 3. The van der Waals surface area contributed by atoms with Crippen LogP contribution in [0, 0.1) is 0 Å². The number of carbonyl (C=O) groups is 4. The van der Waals surface area contributed by atoms with Crippen LogP contribution in [0.5, 0.6) is 5.75 Å². The topological polar surface area (TPSA) is 114 Å². The summed E-state index contributed by atoms with van der Waals surface area (Å²) in [6, 6.07) is 19.4. The van der Waals surface area contributed by atoms with Crippen molar-refractivity contribution in [2.24, 2.45) is 0 Å². The van der Waals surface area contributed by atoms with Gasteiger partial charge in [0.2, 0.25) is 5.91 Å². The van der Waals surface area contributed by atoms with E-state index in [2.05, 4.69) is 5.32 Å². The number of nitrogens with zero attached hydrogens (tertiary/aromatic N) is 2. The van der Waals surface area contributed by atoms with E-state index in [1.807, 2.05) is 24.3 Å². The van der Waals surface area contributed by atoms with Gasteiger partial charge in [0.15, 0.2) is 5.11 Å². The maximum Gasteiger partial charge on any atom is 0.338 e. The van der Waals surface area contributed by atoms with Crippen molar-refractivity contribution in [1.29, 1.82) is 0 Å². The second kappa shape index (κ2) is 13.7. The highest BCUT2D eigenvalue weighted by Crippen LogP contribution is 2.28. The minimum atomic E-state index is -0.852. The molecule has 218 valence electrons. The molecule has 0 aliphatic carbocycles. The first-order valence-electron chi connectivity index (χ1n) is 13.3. The Labute approximate surface area is 249 Å². The third-order valence-corrected chi connectivity index (χ3v) is 7.14. The Balaban J connectivity index is 1.54. The van der Waals surface area contributed by atoms with E-state index >= 15 is 0 Å². The van der Waals surface area contributed by atoms with Crippen LogP contribution in [0.15, 0.2) is 72.8 Å². The minimum Gasteiger partial charge on any atom is -0.497 e. The summed E-state index contributed by atoms with van der Waals surface area (Å²) < 4.78 is 15.0. The minimum absolute atomic E-state index is 0.155. The fourth-order valence-corrected chi connectivity index (χ4v) is 4.94. The SMILES string of the molecule is CCOC(=O)c1ccc(N2C(=O)C(CC(=O)Nc3ccc(C(=O)OC)cc3)N(CCc3ccc(OC)cc3)C2=S)cc1. The van der Waals surface area contributed by atoms with Crippen molar-refractivity contribution in [3.63, 3.8) is 0 Å².